The summed E-state index contributed by atoms with van der Waals surface area (Å²) in [4.78, 5) is 11.4. The first-order chi connectivity index (χ1) is 11.7. The van der Waals surface area contributed by atoms with Gasteiger partial charge in [0.25, 0.3) is 0 Å². The Hall–Kier alpha value is -1.53. The van der Waals surface area contributed by atoms with Crippen LogP contribution in [0.25, 0.3) is 0 Å². The normalized spacial score (nSPS) is 10.8. The standard InChI is InChI=1S/C19H20Br2O4/c1-5-17(22)24-13-8-15(20)19(16(21)9-13)25-12-6-11(4)18(23)14(7-12)10(2)3/h6-10,23H,5H2,1-4H3. The molecule has 0 aliphatic carbocycles. The quantitative estimate of drug-likeness (QED) is 0.401. The van der Waals surface area contributed by atoms with Crippen LogP contribution in [0.3, 0.4) is 0 Å². The van der Waals surface area contributed by atoms with E-state index in [1.807, 2.05) is 26.8 Å². The van der Waals surface area contributed by atoms with Gasteiger partial charge in [-0.2, -0.15) is 0 Å². The van der Waals surface area contributed by atoms with Crippen molar-refractivity contribution < 1.29 is 19.4 Å². The van der Waals surface area contributed by atoms with Gasteiger partial charge < -0.3 is 14.6 Å². The number of esters is 1. The van der Waals surface area contributed by atoms with Crippen LogP contribution in [0.1, 0.15) is 44.2 Å². The summed E-state index contributed by atoms with van der Waals surface area (Å²) in [6.07, 6.45) is 0.304. The van der Waals surface area contributed by atoms with E-state index in [2.05, 4.69) is 31.9 Å². The van der Waals surface area contributed by atoms with Gasteiger partial charge in [-0.3, -0.25) is 4.79 Å². The number of ether oxygens (including phenoxy) is 2. The van der Waals surface area contributed by atoms with Gasteiger partial charge in [-0.15, -0.1) is 0 Å². The fourth-order valence-electron chi connectivity index (χ4n) is 2.29. The summed E-state index contributed by atoms with van der Waals surface area (Å²) in [7, 11) is 0. The molecule has 0 radical (unpaired) electrons. The van der Waals surface area contributed by atoms with E-state index >= 15 is 0 Å². The molecule has 4 nitrogen and oxygen atoms in total. The molecule has 0 aliphatic rings. The Morgan fingerprint density at radius 2 is 1.72 bits per heavy atom. The third-order valence-electron chi connectivity index (χ3n) is 3.64. The van der Waals surface area contributed by atoms with Crippen molar-refractivity contribution in [2.24, 2.45) is 0 Å². The first-order valence-corrected chi connectivity index (χ1v) is 9.52. The molecule has 1 N–H and O–H groups in total. The molecule has 0 saturated heterocycles. The molecule has 6 heteroatoms. The Balaban J connectivity index is 2.36. The van der Waals surface area contributed by atoms with Crippen molar-refractivity contribution in [1.29, 1.82) is 0 Å². The van der Waals surface area contributed by atoms with E-state index in [-0.39, 0.29) is 11.9 Å². The van der Waals surface area contributed by atoms with Gasteiger partial charge in [-0.1, -0.05) is 20.8 Å². The molecule has 0 spiro atoms. The Labute approximate surface area is 164 Å². The lowest BCUT2D eigenvalue weighted by atomic mass is 9.99. The Morgan fingerprint density at radius 1 is 1.12 bits per heavy atom. The zero-order chi connectivity index (χ0) is 18.7. The van der Waals surface area contributed by atoms with Crippen molar-refractivity contribution in [2.45, 2.75) is 40.0 Å². The van der Waals surface area contributed by atoms with Gasteiger partial charge in [0.1, 0.15) is 17.2 Å². The van der Waals surface area contributed by atoms with Crippen LogP contribution in [0.5, 0.6) is 23.0 Å². The summed E-state index contributed by atoms with van der Waals surface area (Å²) in [5.74, 6) is 1.79. The van der Waals surface area contributed by atoms with Gasteiger partial charge in [0.2, 0.25) is 0 Å². The molecular formula is C19H20Br2O4. The molecule has 2 aromatic carbocycles. The van der Waals surface area contributed by atoms with E-state index in [0.29, 0.717) is 38.4 Å². The molecule has 2 aromatic rings. The highest BCUT2D eigenvalue weighted by molar-refractivity contribution is 9.11. The average Bonchev–Trinajstić information content (AvgIpc) is 2.53. The van der Waals surface area contributed by atoms with Gasteiger partial charge in [-0.05, 0) is 74.5 Å². The van der Waals surface area contributed by atoms with Crippen LogP contribution >= 0.6 is 31.9 Å². The molecule has 25 heavy (non-hydrogen) atoms. The molecule has 0 unspecified atom stereocenters. The van der Waals surface area contributed by atoms with Crippen molar-refractivity contribution in [2.75, 3.05) is 0 Å². The molecule has 0 saturated carbocycles. The van der Waals surface area contributed by atoms with Gasteiger partial charge >= 0.3 is 5.97 Å². The molecule has 0 heterocycles. The molecule has 0 aliphatic heterocycles. The summed E-state index contributed by atoms with van der Waals surface area (Å²) in [6.45, 7) is 7.61. The van der Waals surface area contributed by atoms with E-state index in [1.54, 1.807) is 25.1 Å². The topological polar surface area (TPSA) is 55.8 Å². The number of carbonyl (C=O) groups is 1. The first kappa shape index (κ1) is 19.8. The van der Waals surface area contributed by atoms with Crippen LogP contribution in [0.15, 0.2) is 33.2 Å². The summed E-state index contributed by atoms with van der Waals surface area (Å²) in [6, 6.07) is 6.98. The monoisotopic (exact) mass is 470 g/mol. The number of phenols is 1. The summed E-state index contributed by atoms with van der Waals surface area (Å²) in [5, 5.41) is 10.2. The van der Waals surface area contributed by atoms with Crippen molar-refractivity contribution in [1.82, 2.24) is 0 Å². The van der Waals surface area contributed by atoms with Crippen molar-refractivity contribution in [3.05, 3.63) is 44.3 Å². The minimum atomic E-state index is -0.303. The number of benzene rings is 2. The van der Waals surface area contributed by atoms with E-state index < -0.39 is 0 Å². The Morgan fingerprint density at radius 3 is 2.24 bits per heavy atom. The lowest BCUT2D eigenvalue weighted by molar-refractivity contribution is -0.134. The van der Waals surface area contributed by atoms with E-state index in [9.17, 15) is 9.90 Å². The Bertz CT molecular complexity index is 777. The highest BCUT2D eigenvalue weighted by Gasteiger charge is 2.16. The van der Waals surface area contributed by atoms with E-state index in [0.717, 1.165) is 11.1 Å². The fraction of sp³-hybridized carbons (Fsp3) is 0.316. The fourth-order valence-corrected chi connectivity index (χ4v) is 3.59. The largest absolute Gasteiger partial charge is 0.507 e. The molecule has 0 atom stereocenters. The minimum Gasteiger partial charge on any atom is -0.507 e. The number of carbonyl (C=O) groups excluding carboxylic acids is 1. The third kappa shape index (κ3) is 4.76. The molecular weight excluding hydrogens is 452 g/mol. The Kier molecular flexibility index (Phi) is 6.52. The minimum absolute atomic E-state index is 0.171. The van der Waals surface area contributed by atoms with Crippen molar-refractivity contribution in [3.8, 4) is 23.0 Å². The van der Waals surface area contributed by atoms with Crippen LogP contribution in [0.4, 0.5) is 0 Å². The molecule has 134 valence electrons. The number of phenolic OH excluding ortho intramolecular Hbond substituents is 1. The maximum absolute atomic E-state index is 11.4. The SMILES string of the molecule is CCC(=O)Oc1cc(Br)c(Oc2cc(C)c(O)c(C(C)C)c2)c(Br)c1. The number of aryl methyl sites for hydroxylation is 1. The highest BCUT2D eigenvalue weighted by atomic mass is 79.9. The molecule has 0 bridgehead atoms. The first-order valence-electron chi connectivity index (χ1n) is 7.94. The summed E-state index contributed by atoms with van der Waals surface area (Å²) < 4.78 is 12.5. The second kappa shape index (κ2) is 8.23. The van der Waals surface area contributed by atoms with Gasteiger partial charge in [0, 0.05) is 12.0 Å². The second-order valence-corrected chi connectivity index (χ2v) is 7.69. The van der Waals surface area contributed by atoms with Gasteiger partial charge in [0.05, 0.1) is 8.95 Å². The number of halogens is 2. The molecule has 2 rings (SSSR count). The molecule has 0 fully saturated rings. The molecule has 0 aromatic heterocycles. The smallest absolute Gasteiger partial charge is 0.310 e. The zero-order valence-electron chi connectivity index (χ0n) is 14.5. The predicted molar refractivity (Wildman–Crippen MR) is 105 cm³/mol. The number of aromatic hydroxyl groups is 1. The maximum Gasteiger partial charge on any atom is 0.310 e. The van der Waals surface area contributed by atoms with E-state index in [1.165, 1.54) is 0 Å². The summed E-state index contributed by atoms with van der Waals surface area (Å²) >= 11 is 6.90. The predicted octanol–water partition coefficient (Wildman–Crippen LogP) is 6.46. The lowest BCUT2D eigenvalue weighted by Crippen LogP contribution is -2.05. The third-order valence-corrected chi connectivity index (χ3v) is 4.82. The van der Waals surface area contributed by atoms with Crippen molar-refractivity contribution >= 4 is 37.8 Å². The van der Waals surface area contributed by atoms with Crippen LogP contribution in [-0.2, 0) is 4.79 Å². The van der Waals surface area contributed by atoms with Crippen LogP contribution in [0.2, 0.25) is 0 Å². The summed E-state index contributed by atoms with van der Waals surface area (Å²) in [5.41, 5.74) is 1.58. The molecule has 0 amide bonds. The van der Waals surface area contributed by atoms with Crippen molar-refractivity contribution in [3.63, 3.8) is 0 Å². The number of hydrogen-bond donors (Lipinski definition) is 1. The number of rotatable bonds is 5. The zero-order valence-corrected chi connectivity index (χ0v) is 17.7. The van der Waals surface area contributed by atoms with Crippen LogP contribution in [0, 0.1) is 6.92 Å². The second-order valence-electron chi connectivity index (χ2n) is 5.98. The van der Waals surface area contributed by atoms with Crippen LogP contribution in [-0.4, -0.2) is 11.1 Å². The van der Waals surface area contributed by atoms with E-state index in [4.69, 9.17) is 9.47 Å². The lowest BCUT2D eigenvalue weighted by Gasteiger charge is -2.16. The number of hydrogen-bond acceptors (Lipinski definition) is 4. The average molecular weight is 472 g/mol. The van der Waals surface area contributed by atoms with Gasteiger partial charge in [0.15, 0.2) is 5.75 Å². The maximum atomic E-state index is 11.4. The van der Waals surface area contributed by atoms with Crippen LogP contribution < -0.4 is 9.47 Å². The van der Waals surface area contributed by atoms with Gasteiger partial charge in [-0.25, -0.2) is 0 Å². The highest BCUT2D eigenvalue weighted by Crippen LogP contribution is 2.42.